The van der Waals surface area contributed by atoms with Crippen LogP contribution in [0.1, 0.15) is 11.1 Å². The molecule has 0 atom stereocenters. The average Bonchev–Trinajstić information content (AvgIpc) is 2.26. The number of rotatable bonds is 2. The van der Waals surface area contributed by atoms with Gasteiger partial charge in [-0.15, -0.1) is 0 Å². The monoisotopic (exact) mass is 198 g/mol. The van der Waals surface area contributed by atoms with Gasteiger partial charge in [-0.1, -0.05) is 12.1 Å². The fourth-order valence-electron chi connectivity index (χ4n) is 0.962. The van der Waals surface area contributed by atoms with Gasteiger partial charge in [0.15, 0.2) is 0 Å². The van der Waals surface area contributed by atoms with Gasteiger partial charge in [0, 0.05) is 0 Å². The zero-order valence-corrected chi connectivity index (χ0v) is 7.64. The molecule has 4 nitrogen and oxygen atoms in total. The van der Waals surface area contributed by atoms with Crippen LogP contribution in [0.4, 0.5) is 0 Å². The first-order chi connectivity index (χ1) is 7.17. The third-order valence-electron chi connectivity index (χ3n) is 1.70. The van der Waals surface area contributed by atoms with Crippen LogP contribution in [0, 0.1) is 22.7 Å². The minimum Gasteiger partial charge on any atom is -0.477 e. The molecule has 0 radical (unpaired) electrons. The van der Waals surface area contributed by atoms with Crippen molar-refractivity contribution in [2.24, 2.45) is 0 Å². The molecule has 0 aliphatic rings. The minimum atomic E-state index is -1.26. The Labute approximate surface area is 86.3 Å². The summed E-state index contributed by atoms with van der Waals surface area (Å²) in [4.78, 5) is 10.5. The van der Waals surface area contributed by atoms with Crippen LogP contribution in [-0.4, -0.2) is 11.1 Å². The van der Waals surface area contributed by atoms with Crippen LogP contribution in [-0.2, 0) is 4.79 Å². The molecule has 0 aliphatic carbocycles. The van der Waals surface area contributed by atoms with Gasteiger partial charge in [0.25, 0.3) is 0 Å². The third kappa shape index (κ3) is 2.68. The van der Waals surface area contributed by atoms with Crippen molar-refractivity contribution in [1.82, 2.24) is 0 Å². The van der Waals surface area contributed by atoms with Crippen LogP contribution in [0.5, 0.6) is 0 Å². The molecule has 0 aliphatic heterocycles. The molecule has 0 amide bonds. The van der Waals surface area contributed by atoms with Crippen molar-refractivity contribution in [3.8, 4) is 12.1 Å². The Morgan fingerprint density at radius 1 is 1.27 bits per heavy atom. The van der Waals surface area contributed by atoms with Crippen LogP contribution in [0.25, 0.3) is 6.08 Å². The number of aliphatic carboxylic acids is 1. The van der Waals surface area contributed by atoms with Crippen molar-refractivity contribution >= 4 is 12.0 Å². The van der Waals surface area contributed by atoms with Crippen LogP contribution in [0.3, 0.4) is 0 Å². The smallest absolute Gasteiger partial charge is 0.346 e. The molecule has 0 fully saturated rings. The number of carboxylic acid groups (broad SMARTS) is 1. The summed E-state index contributed by atoms with van der Waals surface area (Å²) in [7, 11) is 0. The van der Waals surface area contributed by atoms with Crippen LogP contribution in [0.2, 0.25) is 0 Å². The summed E-state index contributed by atoms with van der Waals surface area (Å²) in [5.74, 6) is -1.26. The standard InChI is InChI=1S/C11H6N2O2/c12-6-9-3-1-8(2-4-9)5-10(7-13)11(14)15/h1-5H,(H,14,15)/b10-5-. The van der Waals surface area contributed by atoms with Gasteiger partial charge in [-0.05, 0) is 23.8 Å². The summed E-state index contributed by atoms with van der Waals surface area (Å²) in [6.07, 6.45) is 1.25. The second-order valence-corrected chi connectivity index (χ2v) is 2.71. The zero-order chi connectivity index (χ0) is 11.3. The molecule has 0 saturated carbocycles. The highest BCUT2D eigenvalue weighted by Gasteiger charge is 2.04. The van der Waals surface area contributed by atoms with Gasteiger partial charge in [0.1, 0.15) is 11.6 Å². The predicted octanol–water partition coefficient (Wildman–Crippen LogP) is 1.55. The maximum atomic E-state index is 10.5. The fraction of sp³-hybridized carbons (Fsp3) is 0. The summed E-state index contributed by atoms with van der Waals surface area (Å²) in [6.45, 7) is 0. The molecule has 1 aromatic carbocycles. The first-order valence-corrected chi connectivity index (χ1v) is 4.02. The van der Waals surface area contributed by atoms with Crippen molar-refractivity contribution in [3.63, 3.8) is 0 Å². The molecular formula is C11H6N2O2. The molecule has 1 rings (SSSR count). The molecule has 15 heavy (non-hydrogen) atoms. The van der Waals surface area contributed by atoms with E-state index in [9.17, 15) is 4.79 Å². The molecule has 1 aromatic rings. The highest BCUT2D eigenvalue weighted by molar-refractivity contribution is 5.96. The van der Waals surface area contributed by atoms with E-state index >= 15 is 0 Å². The number of carboxylic acids is 1. The normalized spacial score (nSPS) is 10.1. The summed E-state index contributed by atoms with van der Waals surface area (Å²) < 4.78 is 0. The molecule has 1 N–H and O–H groups in total. The summed E-state index contributed by atoms with van der Waals surface area (Å²) >= 11 is 0. The van der Waals surface area contributed by atoms with E-state index in [1.807, 2.05) is 6.07 Å². The lowest BCUT2D eigenvalue weighted by molar-refractivity contribution is -0.132. The van der Waals surface area contributed by atoms with Crippen molar-refractivity contribution in [2.75, 3.05) is 0 Å². The van der Waals surface area contributed by atoms with E-state index in [4.69, 9.17) is 15.6 Å². The molecule has 0 unspecified atom stereocenters. The number of hydrogen-bond donors (Lipinski definition) is 1. The number of carbonyl (C=O) groups is 1. The van der Waals surface area contributed by atoms with E-state index in [0.29, 0.717) is 11.1 Å². The van der Waals surface area contributed by atoms with Crippen molar-refractivity contribution in [1.29, 1.82) is 10.5 Å². The van der Waals surface area contributed by atoms with Gasteiger partial charge in [0.2, 0.25) is 0 Å². The van der Waals surface area contributed by atoms with Gasteiger partial charge in [-0.25, -0.2) is 4.79 Å². The molecule has 0 heterocycles. The lowest BCUT2D eigenvalue weighted by Gasteiger charge is -1.94. The van der Waals surface area contributed by atoms with Crippen LogP contribution in [0.15, 0.2) is 29.8 Å². The number of nitriles is 2. The Bertz CT molecular complexity index is 487. The SMILES string of the molecule is N#C/C(=C/c1ccc(C#N)cc1)C(=O)O. The van der Waals surface area contributed by atoms with Gasteiger partial charge >= 0.3 is 5.97 Å². The third-order valence-corrected chi connectivity index (χ3v) is 1.70. The molecule has 0 aromatic heterocycles. The van der Waals surface area contributed by atoms with Gasteiger partial charge in [0.05, 0.1) is 11.6 Å². The lowest BCUT2D eigenvalue weighted by Crippen LogP contribution is -1.97. The Balaban J connectivity index is 3.05. The number of nitrogens with zero attached hydrogens (tertiary/aromatic N) is 2. The molecule has 72 valence electrons. The molecule has 0 spiro atoms. The summed E-state index contributed by atoms with van der Waals surface area (Å²) in [6, 6.07) is 9.80. The van der Waals surface area contributed by atoms with Crippen LogP contribution >= 0.6 is 0 Å². The quantitative estimate of drug-likeness (QED) is 0.577. The second-order valence-electron chi connectivity index (χ2n) is 2.71. The van der Waals surface area contributed by atoms with E-state index in [-0.39, 0.29) is 5.57 Å². The first kappa shape index (κ1) is 10.5. The topological polar surface area (TPSA) is 84.9 Å². The minimum absolute atomic E-state index is 0.334. The lowest BCUT2D eigenvalue weighted by atomic mass is 10.1. The molecule has 0 bridgehead atoms. The van der Waals surface area contributed by atoms with E-state index < -0.39 is 5.97 Å². The van der Waals surface area contributed by atoms with Crippen molar-refractivity contribution in [2.45, 2.75) is 0 Å². The van der Waals surface area contributed by atoms with Gasteiger partial charge in [-0.2, -0.15) is 10.5 Å². The second kappa shape index (κ2) is 4.59. The van der Waals surface area contributed by atoms with E-state index in [1.54, 1.807) is 30.3 Å². The maximum Gasteiger partial charge on any atom is 0.346 e. The van der Waals surface area contributed by atoms with Crippen LogP contribution < -0.4 is 0 Å². The van der Waals surface area contributed by atoms with Crippen molar-refractivity contribution < 1.29 is 9.90 Å². The van der Waals surface area contributed by atoms with Crippen molar-refractivity contribution in [3.05, 3.63) is 41.0 Å². The zero-order valence-electron chi connectivity index (χ0n) is 7.64. The van der Waals surface area contributed by atoms with Gasteiger partial charge in [-0.3, -0.25) is 0 Å². The molecule has 0 saturated heterocycles. The van der Waals surface area contributed by atoms with E-state index in [0.717, 1.165) is 0 Å². The molecule has 4 heteroatoms. The molecular weight excluding hydrogens is 192 g/mol. The highest BCUT2D eigenvalue weighted by atomic mass is 16.4. The average molecular weight is 198 g/mol. The van der Waals surface area contributed by atoms with Gasteiger partial charge < -0.3 is 5.11 Å². The number of benzene rings is 1. The highest BCUT2D eigenvalue weighted by Crippen LogP contribution is 2.08. The maximum absolute atomic E-state index is 10.5. The predicted molar refractivity (Wildman–Crippen MR) is 52.4 cm³/mol. The Morgan fingerprint density at radius 2 is 1.87 bits per heavy atom. The Hall–Kier alpha value is -2.59. The fourth-order valence-corrected chi connectivity index (χ4v) is 0.962. The largest absolute Gasteiger partial charge is 0.477 e. The summed E-state index contributed by atoms with van der Waals surface area (Å²) in [5.41, 5.74) is 0.730. The number of hydrogen-bond acceptors (Lipinski definition) is 3. The van der Waals surface area contributed by atoms with E-state index in [2.05, 4.69) is 0 Å². The summed E-state index contributed by atoms with van der Waals surface area (Å²) in [5, 5.41) is 25.6. The Morgan fingerprint density at radius 3 is 2.27 bits per heavy atom. The Kier molecular flexibility index (Phi) is 3.21. The first-order valence-electron chi connectivity index (χ1n) is 4.02. The van der Waals surface area contributed by atoms with E-state index in [1.165, 1.54) is 6.08 Å².